The maximum absolute atomic E-state index is 13.0. The number of aliphatic carboxylic acids is 1. The summed E-state index contributed by atoms with van der Waals surface area (Å²) in [7, 11) is 0. The zero-order chi connectivity index (χ0) is 15.8. The van der Waals surface area contributed by atoms with Gasteiger partial charge in [-0.2, -0.15) is 13.2 Å². The van der Waals surface area contributed by atoms with E-state index in [4.69, 9.17) is 21.4 Å². The molecule has 1 aromatic carbocycles. The molecule has 1 aliphatic rings. The average molecular weight is 321 g/mol. The lowest BCUT2D eigenvalue weighted by Gasteiger charge is -2.28. The number of carboxylic acid groups (broad SMARTS) is 1. The van der Waals surface area contributed by atoms with Gasteiger partial charge in [0.05, 0.1) is 5.57 Å². The second-order valence-corrected chi connectivity index (χ2v) is 5.11. The highest BCUT2D eigenvalue weighted by Gasteiger charge is 2.48. The van der Waals surface area contributed by atoms with Crippen LogP contribution in [0.3, 0.4) is 0 Å². The summed E-state index contributed by atoms with van der Waals surface area (Å²) in [6.45, 7) is 1.87. The number of rotatable bonds is 3. The smallest absolute Gasteiger partial charge is 0.430 e. The van der Waals surface area contributed by atoms with Crippen molar-refractivity contribution in [1.29, 1.82) is 0 Å². The Morgan fingerprint density at radius 1 is 1.43 bits per heavy atom. The van der Waals surface area contributed by atoms with Crippen molar-refractivity contribution in [2.24, 2.45) is 0 Å². The molecule has 0 aromatic heterocycles. The molecule has 0 saturated carbocycles. The van der Waals surface area contributed by atoms with E-state index in [9.17, 15) is 18.0 Å². The third-order valence-corrected chi connectivity index (χ3v) is 3.27. The number of alkyl halides is 3. The van der Waals surface area contributed by atoms with E-state index in [2.05, 4.69) is 0 Å². The lowest BCUT2D eigenvalue weighted by atomic mass is 9.97. The van der Waals surface area contributed by atoms with Crippen LogP contribution in [0.1, 0.15) is 24.5 Å². The fourth-order valence-electron chi connectivity index (χ4n) is 2.22. The molecular formula is C14H12ClF3O3. The van der Waals surface area contributed by atoms with Crippen molar-refractivity contribution >= 4 is 23.6 Å². The minimum absolute atomic E-state index is 0.0496. The van der Waals surface area contributed by atoms with E-state index in [-0.39, 0.29) is 11.3 Å². The van der Waals surface area contributed by atoms with Gasteiger partial charge in [-0.1, -0.05) is 24.9 Å². The molecule has 114 valence electrons. The Bertz CT molecular complexity index is 608. The molecule has 3 nitrogen and oxygen atoms in total. The Morgan fingerprint density at radius 3 is 2.62 bits per heavy atom. The van der Waals surface area contributed by atoms with E-state index in [1.807, 2.05) is 6.92 Å². The van der Waals surface area contributed by atoms with Crippen molar-refractivity contribution in [3.8, 4) is 5.75 Å². The summed E-state index contributed by atoms with van der Waals surface area (Å²) >= 11 is 5.92. The molecule has 1 aliphatic heterocycles. The molecule has 1 heterocycles. The largest absolute Gasteiger partial charge is 0.478 e. The van der Waals surface area contributed by atoms with Crippen molar-refractivity contribution < 1.29 is 27.8 Å². The van der Waals surface area contributed by atoms with Gasteiger partial charge in [-0.3, -0.25) is 0 Å². The van der Waals surface area contributed by atoms with Crippen molar-refractivity contribution in [3.05, 3.63) is 33.9 Å². The Hall–Kier alpha value is -1.69. The lowest BCUT2D eigenvalue weighted by Crippen LogP contribution is -2.40. The molecule has 1 aromatic rings. The molecule has 1 N–H and O–H groups in total. The van der Waals surface area contributed by atoms with Crippen molar-refractivity contribution in [3.63, 3.8) is 0 Å². The molecule has 7 heteroatoms. The molecule has 1 atom stereocenters. The number of hydrogen-bond donors (Lipinski definition) is 1. The van der Waals surface area contributed by atoms with E-state index < -0.39 is 23.8 Å². The van der Waals surface area contributed by atoms with E-state index >= 15 is 0 Å². The van der Waals surface area contributed by atoms with Crippen LogP contribution >= 0.6 is 11.6 Å². The maximum atomic E-state index is 13.0. The molecule has 0 fully saturated rings. The van der Waals surface area contributed by atoms with Crippen LogP contribution in [-0.2, 0) is 11.2 Å². The number of hydrogen-bond acceptors (Lipinski definition) is 2. The van der Waals surface area contributed by atoms with Gasteiger partial charge in [0.15, 0.2) is 0 Å². The van der Waals surface area contributed by atoms with Gasteiger partial charge in [0.25, 0.3) is 0 Å². The highest BCUT2D eigenvalue weighted by atomic mass is 35.5. The molecular weight excluding hydrogens is 309 g/mol. The number of carbonyl (C=O) groups is 1. The van der Waals surface area contributed by atoms with Gasteiger partial charge in [0.1, 0.15) is 5.75 Å². The predicted octanol–water partition coefficient (Wildman–Crippen LogP) is 4.08. The molecule has 1 unspecified atom stereocenters. The molecule has 0 aliphatic carbocycles. The summed E-state index contributed by atoms with van der Waals surface area (Å²) in [5.41, 5.74) is -0.0569. The number of benzene rings is 1. The highest BCUT2D eigenvalue weighted by molar-refractivity contribution is 6.30. The summed E-state index contributed by atoms with van der Waals surface area (Å²) in [5, 5.41) is 9.28. The summed E-state index contributed by atoms with van der Waals surface area (Å²) < 4.78 is 43.9. The van der Waals surface area contributed by atoms with E-state index in [1.165, 1.54) is 12.1 Å². The first kappa shape index (κ1) is 15.7. The van der Waals surface area contributed by atoms with Gasteiger partial charge in [0.2, 0.25) is 6.10 Å². The van der Waals surface area contributed by atoms with Crippen molar-refractivity contribution in [2.45, 2.75) is 32.0 Å². The third-order valence-electron chi connectivity index (χ3n) is 3.05. The number of aryl methyl sites for hydroxylation is 1. The molecule has 0 radical (unpaired) electrons. The molecule has 0 bridgehead atoms. The predicted molar refractivity (Wildman–Crippen MR) is 71.5 cm³/mol. The van der Waals surface area contributed by atoms with Crippen LogP contribution in [0.15, 0.2) is 17.7 Å². The zero-order valence-corrected chi connectivity index (χ0v) is 11.8. The van der Waals surface area contributed by atoms with Gasteiger partial charge in [0, 0.05) is 10.6 Å². The van der Waals surface area contributed by atoms with Crippen LogP contribution in [0.2, 0.25) is 5.02 Å². The lowest BCUT2D eigenvalue weighted by molar-refractivity contribution is -0.187. The van der Waals surface area contributed by atoms with Gasteiger partial charge < -0.3 is 9.84 Å². The highest BCUT2D eigenvalue weighted by Crippen LogP contribution is 2.40. The van der Waals surface area contributed by atoms with Gasteiger partial charge in [-0.25, -0.2) is 4.79 Å². The van der Waals surface area contributed by atoms with E-state index in [0.29, 0.717) is 23.4 Å². The van der Waals surface area contributed by atoms with Crippen LogP contribution in [-0.4, -0.2) is 23.4 Å². The Balaban J connectivity index is 2.60. The standard InChI is InChI=1S/C14H12ClF3O3/c1-2-3-7-4-9(15)5-8-6-10(13(19)20)12(14(16,17)18)21-11(7)8/h4-6,12H,2-3H2,1H3,(H,19,20). The van der Waals surface area contributed by atoms with Crippen LogP contribution in [0.4, 0.5) is 13.2 Å². The SMILES string of the molecule is CCCc1cc(Cl)cc2c1OC(C(F)(F)F)C(C(=O)O)=C2. The van der Waals surface area contributed by atoms with Crippen molar-refractivity contribution in [2.75, 3.05) is 0 Å². The minimum Gasteiger partial charge on any atom is -0.478 e. The van der Waals surface area contributed by atoms with Gasteiger partial charge >= 0.3 is 12.1 Å². The number of carboxylic acids is 1. The maximum Gasteiger partial charge on any atom is 0.430 e. The first-order chi connectivity index (χ1) is 9.74. The Kier molecular flexibility index (Phi) is 4.18. The number of fused-ring (bicyclic) bond motifs is 1. The molecule has 21 heavy (non-hydrogen) atoms. The fourth-order valence-corrected chi connectivity index (χ4v) is 2.47. The van der Waals surface area contributed by atoms with Crippen LogP contribution in [0.5, 0.6) is 5.75 Å². The second-order valence-electron chi connectivity index (χ2n) is 4.68. The summed E-state index contributed by atoms with van der Waals surface area (Å²) in [6, 6.07) is 2.93. The summed E-state index contributed by atoms with van der Waals surface area (Å²) in [5.74, 6) is -1.62. The molecule has 0 amide bonds. The van der Waals surface area contributed by atoms with E-state index in [0.717, 1.165) is 6.08 Å². The second kappa shape index (κ2) is 5.60. The van der Waals surface area contributed by atoms with Crippen LogP contribution in [0, 0.1) is 0 Å². The molecule has 2 rings (SSSR count). The quantitative estimate of drug-likeness (QED) is 0.912. The summed E-state index contributed by atoms with van der Waals surface area (Å²) in [4.78, 5) is 11.0. The normalized spacial score (nSPS) is 17.8. The molecule has 0 saturated heterocycles. The zero-order valence-electron chi connectivity index (χ0n) is 11.0. The van der Waals surface area contributed by atoms with E-state index in [1.54, 1.807) is 0 Å². The van der Waals surface area contributed by atoms with Gasteiger partial charge in [-0.15, -0.1) is 0 Å². The Morgan fingerprint density at radius 2 is 2.10 bits per heavy atom. The van der Waals surface area contributed by atoms with Crippen LogP contribution < -0.4 is 4.74 Å². The van der Waals surface area contributed by atoms with Gasteiger partial charge in [-0.05, 0) is 30.2 Å². The average Bonchev–Trinajstić information content (AvgIpc) is 2.36. The number of ether oxygens (including phenoxy) is 1. The number of halogens is 4. The van der Waals surface area contributed by atoms with Crippen LogP contribution in [0.25, 0.3) is 6.08 Å². The van der Waals surface area contributed by atoms with Crippen molar-refractivity contribution in [1.82, 2.24) is 0 Å². The monoisotopic (exact) mass is 320 g/mol. The third kappa shape index (κ3) is 3.15. The minimum atomic E-state index is -4.80. The Labute approximate surface area is 124 Å². The first-order valence-corrected chi connectivity index (χ1v) is 6.62. The fraction of sp³-hybridized carbons (Fsp3) is 0.357. The first-order valence-electron chi connectivity index (χ1n) is 6.24. The summed E-state index contributed by atoms with van der Waals surface area (Å²) in [6.07, 6.45) is -5.11. The molecule has 0 spiro atoms. The topological polar surface area (TPSA) is 46.5 Å².